The number of carbonyl (C=O) groups is 2. The van der Waals surface area contributed by atoms with E-state index in [1.54, 1.807) is 12.1 Å². The second kappa shape index (κ2) is 13.7. The van der Waals surface area contributed by atoms with Gasteiger partial charge in [0.15, 0.2) is 0 Å². The first kappa shape index (κ1) is 26.5. The molecule has 1 unspecified atom stereocenters. The lowest BCUT2D eigenvalue weighted by atomic mass is 10.0. The van der Waals surface area contributed by atoms with E-state index in [1.165, 1.54) is 19.3 Å². The van der Waals surface area contributed by atoms with Crippen LogP contribution in [-0.4, -0.2) is 29.6 Å². The van der Waals surface area contributed by atoms with E-state index in [0.717, 1.165) is 34.0 Å². The molecule has 184 valence electrons. The van der Waals surface area contributed by atoms with Crippen molar-refractivity contribution in [1.82, 2.24) is 5.32 Å². The predicted octanol–water partition coefficient (Wildman–Crippen LogP) is 6.89. The fourth-order valence-electron chi connectivity index (χ4n) is 3.83. The number of hydrogen-bond acceptors (Lipinski definition) is 3. The van der Waals surface area contributed by atoms with Crippen LogP contribution in [0.4, 0.5) is 0 Å². The van der Waals surface area contributed by atoms with Crippen LogP contribution < -0.4 is 10.1 Å². The number of aliphatic carboxylic acids is 1. The predicted molar refractivity (Wildman–Crippen MR) is 143 cm³/mol. The molecular weight excluding hydrogens is 506 g/mol. The van der Waals surface area contributed by atoms with Gasteiger partial charge in [-0.25, -0.2) is 4.79 Å². The van der Waals surface area contributed by atoms with Gasteiger partial charge in [0.25, 0.3) is 5.91 Å². The summed E-state index contributed by atoms with van der Waals surface area (Å²) in [5, 5.41) is 12.4. The molecule has 0 saturated carbocycles. The maximum Gasteiger partial charge on any atom is 0.326 e. The summed E-state index contributed by atoms with van der Waals surface area (Å²) >= 11 is 3.40. The summed E-state index contributed by atoms with van der Waals surface area (Å²) in [7, 11) is 0. The molecule has 5 nitrogen and oxygen atoms in total. The van der Waals surface area contributed by atoms with Gasteiger partial charge in [-0.15, -0.1) is 0 Å². The number of carboxylic acids is 1. The first-order valence-electron chi connectivity index (χ1n) is 12.1. The van der Waals surface area contributed by atoms with Gasteiger partial charge in [-0.05, 0) is 41.3 Å². The Balaban J connectivity index is 1.65. The van der Waals surface area contributed by atoms with Crippen LogP contribution in [0.3, 0.4) is 0 Å². The zero-order chi connectivity index (χ0) is 25.0. The van der Waals surface area contributed by atoms with E-state index in [2.05, 4.69) is 28.2 Å². The molecule has 1 amide bonds. The molecule has 1 atom stereocenters. The number of amides is 1. The molecule has 0 heterocycles. The Kier molecular flexibility index (Phi) is 10.4. The molecule has 0 fully saturated rings. The number of rotatable bonds is 13. The first-order chi connectivity index (χ1) is 17.0. The van der Waals surface area contributed by atoms with Crippen LogP contribution in [-0.2, 0) is 11.2 Å². The van der Waals surface area contributed by atoms with Gasteiger partial charge in [0.2, 0.25) is 0 Å². The highest BCUT2D eigenvalue weighted by Crippen LogP contribution is 2.24. The molecule has 0 aliphatic carbocycles. The van der Waals surface area contributed by atoms with Gasteiger partial charge >= 0.3 is 5.97 Å². The Hall–Kier alpha value is -3.12. The van der Waals surface area contributed by atoms with Crippen molar-refractivity contribution >= 4 is 27.8 Å². The summed E-state index contributed by atoms with van der Waals surface area (Å²) in [6, 6.07) is 21.8. The zero-order valence-electron chi connectivity index (χ0n) is 20.0. The normalized spacial score (nSPS) is 11.6. The number of carboxylic acid groups (broad SMARTS) is 1. The lowest BCUT2D eigenvalue weighted by Crippen LogP contribution is -2.42. The third-order valence-electron chi connectivity index (χ3n) is 5.80. The summed E-state index contributed by atoms with van der Waals surface area (Å²) in [6.07, 6.45) is 5.72. The molecule has 3 aromatic carbocycles. The minimum Gasteiger partial charge on any atom is -0.493 e. The van der Waals surface area contributed by atoms with Crippen molar-refractivity contribution in [3.63, 3.8) is 0 Å². The number of hydrogen-bond donors (Lipinski definition) is 2. The van der Waals surface area contributed by atoms with E-state index in [9.17, 15) is 14.7 Å². The molecule has 35 heavy (non-hydrogen) atoms. The molecular formula is C29H32BrNO4. The third kappa shape index (κ3) is 8.25. The summed E-state index contributed by atoms with van der Waals surface area (Å²) < 4.78 is 6.60. The second-order valence-electron chi connectivity index (χ2n) is 8.53. The molecule has 0 radical (unpaired) electrons. The van der Waals surface area contributed by atoms with Crippen LogP contribution >= 0.6 is 15.9 Å². The van der Waals surface area contributed by atoms with E-state index >= 15 is 0 Å². The minimum atomic E-state index is -1.08. The van der Waals surface area contributed by atoms with Crippen LogP contribution in [0, 0.1) is 0 Å². The summed E-state index contributed by atoms with van der Waals surface area (Å²) in [5.41, 5.74) is 3.29. The Bertz CT molecular complexity index is 1100. The third-order valence-corrected chi connectivity index (χ3v) is 6.29. The lowest BCUT2D eigenvalue weighted by molar-refractivity contribution is -0.139. The smallest absolute Gasteiger partial charge is 0.326 e. The van der Waals surface area contributed by atoms with Crippen molar-refractivity contribution < 1.29 is 19.4 Å². The van der Waals surface area contributed by atoms with Crippen molar-refractivity contribution in [2.75, 3.05) is 6.61 Å². The number of unbranched alkanes of at least 4 members (excludes halogenated alkanes) is 4. The highest BCUT2D eigenvalue weighted by Gasteiger charge is 2.23. The number of nitrogens with one attached hydrogen (secondary N) is 1. The van der Waals surface area contributed by atoms with Gasteiger partial charge in [-0.1, -0.05) is 103 Å². The van der Waals surface area contributed by atoms with E-state index in [1.807, 2.05) is 60.7 Å². The monoisotopic (exact) mass is 537 g/mol. The number of halogens is 1. The molecule has 0 aliphatic rings. The summed E-state index contributed by atoms with van der Waals surface area (Å²) in [4.78, 5) is 25.0. The number of benzene rings is 3. The Labute approximate surface area is 215 Å². The fraction of sp³-hybridized carbons (Fsp3) is 0.310. The van der Waals surface area contributed by atoms with E-state index in [4.69, 9.17) is 4.74 Å². The van der Waals surface area contributed by atoms with E-state index in [-0.39, 0.29) is 6.42 Å². The van der Waals surface area contributed by atoms with E-state index < -0.39 is 17.9 Å². The zero-order valence-corrected chi connectivity index (χ0v) is 21.6. The van der Waals surface area contributed by atoms with Gasteiger partial charge in [0.1, 0.15) is 11.8 Å². The SMILES string of the molecule is CCCCCCCOc1ccc(Br)cc1C(=O)NC(Cc1ccc(-c2ccccc2)cc1)C(=O)O. The Morgan fingerprint density at radius 1 is 0.914 bits per heavy atom. The quantitative estimate of drug-likeness (QED) is 0.233. The van der Waals surface area contributed by atoms with Crippen LogP contribution in [0.1, 0.15) is 54.9 Å². The van der Waals surface area contributed by atoms with Gasteiger partial charge in [0, 0.05) is 10.9 Å². The largest absolute Gasteiger partial charge is 0.493 e. The fourth-order valence-corrected chi connectivity index (χ4v) is 4.19. The Morgan fingerprint density at radius 3 is 2.29 bits per heavy atom. The van der Waals surface area contributed by atoms with Crippen LogP contribution in [0.2, 0.25) is 0 Å². The van der Waals surface area contributed by atoms with Crippen molar-refractivity contribution in [1.29, 1.82) is 0 Å². The minimum absolute atomic E-state index is 0.178. The van der Waals surface area contributed by atoms with Gasteiger partial charge < -0.3 is 15.2 Å². The first-order valence-corrected chi connectivity index (χ1v) is 12.9. The number of carbonyl (C=O) groups excluding carboxylic acids is 1. The maximum absolute atomic E-state index is 13.1. The second-order valence-corrected chi connectivity index (χ2v) is 9.45. The van der Waals surface area contributed by atoms with Gasteiger partial charge in [-0.2, -0.15) is 0 Å². The average molecular weight is 538 g/mol. The molecule has 0 aliphatic heterocycles. The molecule has 0 aromatic heterocycles. The molecule has 3 aromatic rings. The van der Waals surface area contributed by atoms with Crippen molar-refractivity contribution in [3.05, 3.63) is 88.4 Å². The average Bonchev–Trinajstić information content (AvgIpc) is 2.87. The number of ether oxygens (including phenoxy) is 1. The van der Waals surface area contributed by atoms with Crippen LogP contribution in [0.15, 0.2) is 77.3 Å². The van der Waals surface area contributed by atoms with Crippen LogP contribution in [0.25, 0.3) is 11.1 Å². The molecule has 0 spiro atoms. The van der Waals surface area contributed by atoms with Crippen molar-refractivity contribution in [2.24, 2.45) is 0 Å². The maximum atomic E-state index is 13.1. The molecule has 0 saturated heterocycles. The molecule has 3 rings (SSSR count). The molecule has 2 N–H and O–H groups in total. The van der Waals surface area contributed by atoms with Gasteiger partial charge in [-0.3, -0.25) is 4.79 Å². The topological polar surface area (TPSA) is 75.6 Å². The lowest BCUT2D eigenvalue weighted by Gasteiger charge is -2.17. The summed E-state index contributed by atoms with van der Waals surface area (Å²) in [6.45, 7) is 2.69. The molecule has 6 heteroatoms. The van der Waals surface area contributed by atoms with Crippen molar-refractivity contribution in [3.8, 4) is 16.9 Å². The summed E-state index contributed by atoms with van der Waals surface area (Å²) in [5.74, 6) is -1.10. The standard InChI is InChI=1S/C29H32BrNO4/c1-2-3-4-5-9-18-35-27-17-16-24(30)20-25(27)28(32)31-26(29(33)34)19-21-12-14-23(15-13-21)22-10-7-6-8-11-22/h6-8,10-17,20,26H,2-5,9,18-19H2,1H3,(H,31,32)(H,33,34). The Morgan fingerprint density at radius 2 is 1.60 bits per heavy atom. The molecule has 0 bridgehead atoms. The van der Waals surface area contributed by atoms with E-state index in [0.29, 0.717) is 17.9 Å². The highest BCUT2D eigenvalue weighted by molar-refractivity contribution is 9.10. The van der Waals surface area contributed by atoms with Crippen molar-refractivity contribution in [2.45, 2.75) is 51.5 Å². The highest BCUT2D eigenvalue weighted by atomic mass is 79.9. The van der Waals surface area contributed by atoms with Crippen LogP contribution in [0.5, 0.6) is 5.75 Å². The van der Waals surface area contributed by atoms with Gasteiger partial charge in [0.05, 0.1) is 12.2 Å².